The molecule has 1 aliphatic carbocycles. The van der Waals surface area contributed by atoms with Gasteiger partial charge in [-0.15, -0.1) is 0 Å². The molecule has 0 saturated heterocycles. The van der Waals surface area contributed by atoms with Gasteiger partial charge in [-0.05, 0) is 142 Å². The Morgan fingerprint density at radius 2 is 1.01 bits per heavy atom. The van der Waals surface area contributed by atoms with E-state index in [1.54, 1.807) is 0 Å². The molecule has 0 N–H and O–H groups in total. The maximum atomic E-state index is 2.83. The highest BCUT2D eigenvalue weighted by molar-refractivity contribution is 6.90. The van der Waals surface area contributed by atoms with Crippen molar-refractivity contribution in [2.45, 2.75) is 124 Å². The van der Waals surface area contributed by atoms with Crippen LogP contribution in [0.15, 0.2) is 182 Å². The van der Waals surface area contributed by atoms with Gasteiger partial charge < -0.3 is 14.3 Å². The monoisotopic (exact) mass is 1000 g/mol. The summed E-state index contributed by atoms with van der Waals surface area (Å²) < 4.78 is 2.83. The number of anilines is 6. The first-order chi connectivity index (χ1) is 36.5. The maximum absolute atomic E-state index is 2.83. The smallest absolute Gasteiger partial charge is 0.333 e. The Morgan fingerprint density at radius 1 is 0.455 bits per heavy atom. The molecule has 0 atom stereocenters. The first-order valence-corrected chi connectivity index (χ1v) is 28.0. The van der Waals surface area contributed by atoms with Gasteiger partial charge in [0.25, 0.3) is 0 Å². The molecule has 3 aliphatic rings. The molecular formula is C73H72BN3. The van der Waals surface area contributed by atoms with Crippen molar-refractivity contribution < 1.29 is 0 Å². The van der Waals surface area contributed by atoms with E-state index in [1.807, 2.05) is 0 Å². The highest BCUT2D eigenvalue weighted by atomic mass is 15.2. The zero-order chi connectivity index (χ0) is 53.9. The van der Waals surface area contributed by atoms with E-state index in [0.29, 0.717) is 0 Å². The molecule has 2 aliphatic heterocycles. The summed E-state index contributed by atoms with van der Waals surface area (Å²) in [5, 5.41) is 3.84. The lowest BCUT2D eigenvalue weighted by Crippen LogP contribution is -2.57. The molecule has 3 heterocycles. The first-order valence-electron chi connectivity index (χ1n) is 28.0. The fourth-order valence-corrected chi connectivity index (χ4v) is 13.4. The van der Waals surface area contributed by atoms with Crippen molar-refractivity contribution in [2.75, 3.05) is 9.80 Å². The minimum absolute atomic E-state index is 0.0188. The van der Waals surface area contributed by atoms with Crippen LogP contribution in [0.1, 0.15) is 130 Å². The molecule has 0 bridgehead atoms. The molecule has 4 heteroatoms. The average molecular weight is 1000 g/mol. The number of aromatic nitrogens is 1. The number of rotatable bonds is 5. The van der Waals surface area contributed by atoms with E-state index in [4.69, 9.17) is 0 Å². The number of hydrogen-bond acceptors (Lipinski definition) is 2. The predicted octanol–water partition coefficient (Wildman–Crippen LogP) is 18.8. The molecule has 77 heavy (non-hydrogen) atoms. The molecule has 0 unspecified atom stereocenters. The van der Waals surface area contributed by atoms with E-state index in [2.05, 4.69) is 293 Å². The molecule has 9 aromatic carbocycles. The van der Waals surface area contributed by atoms with Crippen LogP contribution in [0.5, 0.6) is 0 Å². The summed E-state index contributed by atoms with van der Waals surface area (Å²) >= 11 is 0. The normalized spacial score (nSPS) is 14.4. The molecule has 13 rings (SSSR count). The van der Waals surface area contributed by atoms with Crippen LogP contribution < -0.4 is 20.7 Å². The molecule has 0 saturated carbocycles. The summed E-state index contributed by atoms with van der Waals surface area (Å²) in [5.74, 6) is 0. The average Bonchev–Trinajstić information content (AvgIpc) is 3.30. The summed E-state index contributed by atoms with van der Waals surface area (Å²) in [6.07, 6.45) is 0. The highest BCUT2D eigenvalue weighted by Gasteiger charge is 2.50. The van der Waals surface area contributed by atoms with Crippen molar-refractivity contribution in [2.24, 2.45) is 0 Å². The van der Waals surface area contributed by atoms with Crippen LogP contribution in [0, 0.1) is 0 Å². The molecule has 0 spiro atoms. The van der Waals surface area contributed by atoms with E-state index in [9.17, 15) is 0 Å². The molecule has 0 amide bonds. The summed E-state index contributed by atoms with van der Waals surface area (Å²) in [6, 6.07) is 70.5. The molecule has 3 nitrogen and oxygen atoms in total. The van der Waals surface area contributed by atoms with Gasteiger partial charge in [0.1, 0.15) is 0 Å². The third kappa shape index (κ3) is 7.45. The third-order valence-corrected chi connectivity index (χ3v) is 17.6. The zero-order valence-electron chi connectivity index (χ0n) is 47.7. The lowest BCUT2D eigenvalue weighted by Gasteiger charge is -2.42. The van der Waals surface area contributed by atoms with Gasteiger partial charge in [0.2, 0.25) is 0 Å². The van der Waals surface area contributed by atoms with E-state index in [0.717, 1.165) is 11.4 Å². The van der Waals surface area contributed by atoms with Gasteiger partial charge in [0, 0.05) is 61.5 Å². The Hall–Kier alpha value is -7.56. The largest absolute Gasteiger partial charge is 0.375 e. The second kappa shape index (κ2) is 16.7. The number of fused-ring (bicyclic) bond motifs is 11. The second-order valence-electron chi connectivity index (χ2n) is 27.1. The maximum Gasteiger partial charge on any atom is 0.333 e. The van der Waals surface area contributed by atoms with E-state index in [-0.39, 0.29) is 33.9 Å². The Kier molecular flexibility index (Phi) is 10.7. The zero-order valence-corrected chi connectivity index (χ0v) is 47.7. The quantitative estimate of drug-likeness (QED) is 0.159. The first kappa shape index (κ1) is 49.0. The van der Waals surface area contributed by atoms with Crippen LogP contribution in [0.25, 0.3) is 55.2 Å². The Bertz CT molecular complexity index is 3970. The van der Waals surface area contributed by atoms with Gasteiger partial charge >= 0.3 is 6.85 Å². The summed E-state index contributed by atoms with van der Waals surface area (Å²) in [4.78, 5) is 5.22. The lowest BCUT2D eigenvalue weighted by atomic mass is 9.44. The lowest BCUT2D eigenvalue weighted by molar-refractivity contribution is 0.590. The Morgan fingerprint density at radius 3 is 1.65 bits per heavy atom. The van der Waals surface area contributed by atoms with E-state index >= 15 is 0 Å². The van der Waals surface area contributed by atoms with Gasteiger partial charge in [-0.2, -0.15) is 0 Å². The van der Waals surface area contributed by atoms with Crippen molar-refractivity contribution >= 4 is 73.6 Å². The van der Waals surface area contributed by atoms with Crippen molar-refractivity contribution in [3.8, 4) is 33.5 Å². The van der Waals surface area contributed by atoms with E-state index < -0.39 is 0 Å². The molecule has 0 fully saturated rings. The number of nitrogens with zero attached hydrogens (tertiary/aromatic N) is 3. The van der Waals surface area contributed by atoms with Crippen LogP contribution in [0.2, 0.25) is 0 Å². The van der Waals surface area contributed by atoms with Gasteiger partial charge in [-0.3, -0.25) is 0 Å². The van der Waals surface area contributed by atoms with Crippen LogP contribution in [0.3, 0.4) is 0 Å². The summed E-state index contributed by atoms with van der Waals surface area (Å²) in [7, 11) is 0. The van der Waals surface area contributed by atoms with Crippen LogP contribution in [0.4, 0.5) is 34.1 Å². The minimum Gasteiger partial charge on any atom is -0.375 e. The van der Waals surface area contributed by atoms with Gasteiger partial charge in [-0.25, -0.2) is 0 Å². The number of benzene rings is 9. The molecular weight excluding hydrogens is 930 g/mol. The van der Waals surface area contributed by atoms with Crippen molar-refractivity contribution in [3.05, 3.63) is 215 Å². The molecule has 0 radical (unpaired) electrons. The standard InChI is InChI=1S/C73H72BN3/c1-69(2,3)47-28-34-51(35-29-47)75(52-36-30-48(31-37-52)70(4,5)6)60-41-38-55-63-53-25-19-18-24-46(53)42-62-66(63)74(77-67(55)64(60)65-68(77)54-26-20-21-27-57(54)73(65,13)14)58-39-32-50(72(10,11)12)44-61(58)76(62)59-40-33-49(71(7,8)9)43-56(59)45-22-16-15-17-23-45/h15-44H,1-14H3. The topological polar surface area (TPSA) is 11.4 Å². The second-order valence-corrected chi connectivity index (χ2v) is 27.1. The predicted molar refractivity (Wildman–Crippen MR) is 332 cm³/mol. The van der Waals surface area contributed by atoms with Crippen molar-refractivity contribution in [1.82, 2.24) is 4.48 Å². The highest BCUT2D eigenvalue weighted by Crippen LogP contribution is 2.60. The fraction of sp³-hybridized carbons (Fsp3) is 0.260. The molecule has 10 aromatic rings. The third-order valence-electron chi connectivity index (χ3n) is 17.6. The Balaban J connectivity index is 1.19. The van der Waals surface area contributed by atoms with E-state index in [1.165, 1.54) is 122 Å². The number of hydrogen-bond donors (Lipinski definition) is 0. The van der Waals surface area contributed by atoms with Crippen molar-refractivity contribution in [3.63, 3.8) is 0 Å². The Labute approximate surface area is 458 Å². The minimum atomic E-state index is -0.318. The SMILES string of the molecule is CC(C)(C)c1ccc(N(c2ccc(C(C)(C)C)cc2)c2ccc3c4c2c2c(n4B4c5ccc(C(C)(C)C)cc5N(c5ccc(C(C)(C)C)cc5-c5ccccc5)c5cc6ccccc6c-3c54)-c3ccccc3C2(C)C)cc1. The summed E-state index contributed by atoms with van der Waals surface area (Å²) in [5.41, 5.74) is 26.5. The summed E-state index contributed by atoms with van der Waals surface area (Å²) in [6.45, 7) is 32.7. The molecule has 1 aromatic heterocycles. The van der Waals surface area contributed by atoms with Crippen LogP contribution in [-0.2, 0) is 27.1 Å². The van der Waals surface area contributed by atoms with Gasteiger partial charge in [0.15, 0.2) is 0 Å². The molecule has 382 valence electrons. The van der Waals surface area contributed by atoms with Crippen LogP contribution >= 0.6 is 0 Å². The van der Waals surface area contributed by atoms with Crippen molar-refractivity contribution in [1.29, 1.82) is 0 Å². The fourth-order valence-electron chi connectivity index (χ4n) is 13.4. The van der Waals surface area contributed by atoms with Gasteiger partial charge in [-0.1, -0.05) is 224 Å². The van der Waals surface area contributed by atoms with Crippen LogP contribution in [-0.4, -0.2) is 11.3 Å². The van der Waals surface area contributed by atoms with Gasteiger partial charge in [0.05, 0.1) is 11.4 Å².